The zero-order valence-electron chi connectivity index (χ0n) is 13.4. The average Bonchev–Trinajstić information content (AvgIpc) is 2.24. The van der Waals surface area contributed by atoms with E-state index in [0.717, 1.165) is 18.5 Å². The van der Waals surface area contributed by atoms with Crippen molar-refractivity contribution in [3.8, 4) is 0 Å². The molecule has 0 aromatic heterocycles. The van der Waals surface area contributed by atoms with E-state index in [2.05, 4.69) is 18.8 Å². The van der Waals surface area contributed by atoms with Gasteiger partial charge in [-0.3, -0.25) is 0 Å². The molecule has 112 valence electrons. The number of nitrogens with one attached hydrogen (secondary N) is 1. The normalized spacial score (nSPS) is 12.8. The minimum absolute atomic E-state index is 0.00361. The summed E-state index contributed by atoms with van der Waals surface area (Å²) in [5, 5.41) is 3.26. The molecule has 4 nitrogen and oxygen atoms in total. The SMILES string of the molecule is C=C(CCC)NCC(C)OB(OC(C)C)OC(C)C. The van der Waals surface area contributed by atoms with Crippen LogP contribution in [-0.4, -0.2) is 32.2 Å². The lowest BCUT2D eigenvalue weighted by Crippen LogP contribution is -2.38. The summed E-state index contributed by atoms with van der Waals surface area (Å²) in [5.74, 6) is 0. The quantitative estimate of drug-likeness (QED) is 0.586. The molecule has 0 fully saturated rings. The number of allylic oxidation sites excluding steroid dienone is 1. The monoisotopic (exact) mass is 271 g/mol. The number of hydrogen-bond donors (Lipinski definition) is 1. The summed E-state index contributed by atoms with van der Waals surface area (Å²) in [4.78, 5) is 0. The van der Waals surface area contributed by atoms with E-state index in [1.54, 1.807) is 0 Å². The van der Waals surface area contributed by atoms with Gasteiger partial charge in [0.1, 0.15) is 0 Å². The van der Waals surface area contributed by atoms with Gasteiger partial charge in [0.15, 0.2) is 0 Å². The van der Waals surface area contributed by atoms with Crippen LogP contribution < -0.4 is 5.32 Å². The Morgan fingerprint density at radius 2 is 1.58 bits per heavy atom. The highest BCUT2D eigenvalue weighted by Gasteiger charge is 2.26. The predicted octanol–water partition coefficient (Wildman–Crippen LogP) is 3.13. The minimum atomic E-state index is -0.615. The largest absolute Gasteiger partial charge is 0.640 e. The van der Waals surface area contributed by atoms with Gasteiger partial charge < -0.3 is 19.3 Å². The lowest BCUT2D eigenvalue weighted by atomic mass is 10.1. The Bertz CT molecular complexity index is 237. The molecular weight excluding hydrogens is 241 g/mol. The van der Waals surface area contributed by atoms with E-state index in [1.165, 1.54) is 0 Å². The van der Waals surface area contributed by atoms with Gasteiger partial charge in [-0.2, -0.15) is 0 Å². The molecule has 0 rings (SSSR count). The second-order valence-electron chi connectivity index (χ2n) is 5.34. The van der Waals surface area contributed by atoms with E-state index in [1.807, 2.05) is 34.6 Å². The molecular formula is C14H30BNO3. The Balaban J connectivity index is 4.07. The number of rotatable bonds is 11. The van der Waals surface area contributed by atoms with Crippen molar-refractivity contribution in [2.45, 2.75) is 72.7 Å². The molecule has 19 heavy (non-hydrogen) atoms. The van der Waals surface area contributed by atoms with Crippen molar-refractivity contribution in [1.29, 1.82) is 0 Å². The highest BCUT2D eigenvalue weighted by atomic mass is 16.7. The van der Waals surface area contributed by atoms with Crippen molar-refractivity contribution in [1.82, 2.24) is 5.32 Å². The Labute approximate surface area is 119 Å². The summed E-state index contributed by atoms with van der Waals surface area (Å²) < 4.78 is 16.9. The molecule has 0 bridgehead atoms. The zero-order chi connectivity index (χ0) is 14.8. The molecule has 0 aromatic rings. The van der Waals surface area contributed by atoms with Gasteiger partial charge in [-0.25, -0.2) is 0 Å². The molecule has 1 N–H and O–H groups in total. The lowest BCUT2D eigenvalue weighted by Gasteiger charge is -2.23. The van der Waals surface area contributed by atoms with Crippen LogP contribution in [0.1, 0.15) is 54.4 Å². The van der Waals surface area contributed by atoms with E-state index < -0.39 is 7.32 Å². The van der Waals surface area contributed by atoms with Gasteiger partial charge >= 0.3 is 7.32 Å². The Kier molecular flexibility index (Phi) is 10.0. The molecule has 0 aliphatic carbocycles. The van der Waals surface area contributed by atoms with Gasteiger partial charge in [0.25, 0.3) is 0 Å². The first-order valence-electron chi connectivity index (χ1n) is 7.23. The third-order valence-electron chi connectivity index (χ3n) is 2.30. The zero-order valence-corrected chi connectivity index (χ0v) is 13.4. The molecule has 0 aliphatic rings. The Morgan fingerprint density at radius 1 is 1.05 bits per heavy atom. The summed E-state index contributed by atoms with van der Waals surface area (Å²) in [6, 6.07) is 0. The maximum atomic E-state index is 5.75. The maximum Gasteiger partial charge on any atom is 0.640 e. The maximum absolute atomic E-state index is 5.75. The van der Waals surface area contributed by atoms with Gasteiger partial charge in [0, 0.05) is 24.4 Å². The predicted molar refractivity (Wildman–Crippen MR) is 80.8 cm³/mol. The molecule has 0 spiro atoms. The van der Waals surface area contributed by atoms with E-state index in [9.17, 15) is 0 Å². The summed E-state index contributed by atoms with van der Waals surface area (Å²) in [7, 11) is -0.615. The van der Waals surface area contributed by atoms with E-state index in [0.29, 0.717) is 6.54 Å². The van der Waals surface area contributed by atoms with E-state index >= 15 is 0 Å². The first-order chi connectivity index (χ1) is 8.85. The standard InChI is InChI=1S/C14H30BNO3/c1-8-9-13(6)16-10-14(7)19-15(17-11(2)3)18-12(4)5/h11-12,14,16H,6,8-10H2,1-5,7H3. The van der Waals surface area contributed by atoms with Crippen LogP contribution in [-0.2, 0) is 14.0 Å². The summed E-state index contributed by atoms with van der Waals surface area (Å²) in [6.45, 7) is 16.7. The Hall–Kier alpha value is -0.515. The van der Waals surface area contributed by atoms with Crippen LogP contribution in [0.3, 0.4) is 0 Å². The first-order valence-corrected chi connectivity index (χ1v) is 7.23. The third-order valence-corrected chi connectivity index (χ3v) is 2.30. The first kappa shape index (κ1) is 18.5. The molecule has 5 heteroatoms. The molecule has 0 amide bonds. The van der Waals surface area contributed by atoms with Gasteiger partial charge in [0.05, 0.1) is 6.10 Å². The highest BCUT2D eigenvalue weighted by Crippen LogP contribution is 2.05. The summed E-state index contributed by atoms with van der Waals surface area (Å²) in [5.41, 5.74) is 1.05. The second-order valence-corrected chi connectivity index (χ2v) is 5.34. The molecule has 0 radical (unpaired) electrons. The van der Waals surface area contributed by atoms with Crippen LogP contribution in [0.2, 0.25) is 0 Å². The topological polar surface area (TPSA) is 39.7 Å². The molecule has 0 aromatic carbocycles. The van der Waals surface area contributed by atoms with Crippen LogP contribution in [0, 0.1) is 0 Å². The molecule has 0 aliphatic heterocycles. The summed E-state index contributed by atoms with van der Waals surface area (Å²) >= 11 is 0. The van der Waals surface area contributed by atoms with E-state index in [-0.39, 0.29) is 18.3 Å². The van der Waals surface area contributed by atoms with Crippen molar-refractivity contribution in [2.75, 3.05) is 6.54 Å². The van der Waals surface area contributed by atoms with Gasteiger partial charge in [-0.15, -0.1) is 0 Å². The number of hydrogen-bond acceptors (Lipinski definition) is 4. The van der Waals surface area contributed by atoms with Crippen molar-refractivity contribution >= 4 is 7.32 Å². The van der Waals surface area contributed by atoms with Crippen molar-refractivity contribution in [2.24, 2.45) is 0 Å². The Morgan fingerprint density at radius 3 is 2.00 bits per heavy atom. The minimum Gasteiger partial charge on any atom is -0.386 e. The molecule has 0 saturated carbocycles. The lowest BCUT2D eigenvalue weighted by molar-refractivity contribution is 0.0296. The molecule has 0 saturated heterocycles. The van der Waals surface area contributed by atoms with Crippen molar-refractivity contribution < 1.29 is 14.0 Å². The average molecular weight is 271 g/mol. The third kappa shape index (κ3) is 11.0. The van der Waals surface area contributed by atoms with Crippen LogP contribution in [0.25, 0.3) is 0 Å². The van der Waals surface area contributed by atoms with Crippen LogP contribution in [0.15, 0.2) is 12.3 Å². The fourth-order valence-corrected chi connectivity index (χ4v) is 1.46. The van der Waals surface area contributed by atoms with Gasteiger partial charge in [-0.1, -0.05) is 19.9 Å². The smallest absolute Gasteiger partial charge is 0.386 e. The fourth-order valence-electron chi connectivity index (χ4n) is 1.46. The molecule has 1 unspecified atom stereocenters. The second kappa shape index (κ2) is 10.3. The van der Waals surface area contributed by atoms with E-state index in [4.69, 9.17) is 14.0 Å². The van der Waals surface area contributed by atoms with Gasteiger partial charge in [-0.05, 0) is 41.0 Å². The van der Waals surface area contributed by atoms with Gasteiger partial charge in [0.2, 0.25) is 0 Å². The van der Waals surface area contributed by atoms with Crippen LogP contribution >= 0.6 is 0 Å². The van der Waals surface area contributed by atoms with Crippen molar-refractivity contribution in [3.05, 3.63) is 12.3 Å². The summed E-state index contributed by atoms with van der Waals surface area (Å²) in [6.07, 6.45) is 2.21. The van der Waals surface area contributed by atoms with Crippen LogP contribution in [0.5, 0.6) is 0 Å². The highest BCUT2D eigenvalue weighted by molar-refractivity contribution is 6.36. The van der Waals surface area contributed by atoms with Crippen molar-refractivity contribution in [3.63, 3.8) is 0 Å². The molecule has 1 atom stereocenters. The van der Waals surface area contributed by atoms with Crippen LogP contribution in [0.4, 0.5) is 0 Å². The molecule has 0 heterocycles. The fraction of sp³-hybridized carbons (Fsp3) is 0.857.